The van der Waals surface area contributed by atoms with Gasteiger partial charge in [-0.25, -0.2) is 0 Å². The summed E-state index contributed by atoms with van der Waals surface area (Å²) in [5.41, 5.74) is 3.10. The van der Waals surface area contributed by atoms with E-state index in [0.29, 0.717) is 0 Å². The Morgan fingerprint density at radius 1 is 0.862 bits per heavy atom. The number of fused-ring (bicyclic) bond motifs is 1. The quantitative estimate of drug-likeness (QED) is 0.493. The summed E-state index contributed by atoms with van der Waals surface area (Å²) >= 11 is 0. The number of ether oxygens (including phenoxy) is 3. The van der Waals surface area contributed by atoms with Crippen LogP contribution in [0.1, 0.15) is 59.8 Å². The molecule has 0 unspecified atom stereocenters. The molecule has 0 bridgehead atoms. The van der Waals surface area contributed by atoms with Crippen molar-refractivity contribution >= 4 is 13.2 Å². The van der Waals surface area contributed by atoms with Crippen LogP contribution in [0.2, 0.25) is 0 Å². The zero-order valence-corrected chi connectivity index (χ0v) is 19.0. The van der Waals surface area contributed by atoms with Crippen LogP contribution in [-0.4, -0.2) is 24.2 Å². The average Bonchev–Trinajstić information content (AvgIpc) is 3.12. The lowest BCUT2D eigenvalue weighted by Crippen LogP contribution is -2.18. The largest absolute Gasteiger partial charge is 0.490 e. The fourth-order valence-corrected chi connectivity index (χ4v) is 7.39. The van der Waals surface area contributed by atoms with Crippen LogP contribution in [0.4, 0.5) is 0 Å². The summed E-state index contributed by atoms with van der Waals surface area (Å²) in [5.74, 6) is 2.86. The summed E-state index contributed by atoms with van der Waals surface area (Å²) in [6.45, 7) is 8.31. The first kappa shape index (κ1) is 20.5. The molecule has 1 aliphatic carbocycles. The molecule has 3 nitrogen and oxygen atoms in total. The van der Waals surface area contributed by atoms with Crippen molar-refractivity contribution in [2.24, 2.45) is 0 Å². The van der Waals surface area contributed by atoms with E-state index < -0.39 is 0 Å². The topological polar surface area (TPSA) is 27.7 Å². The van der Waals surface area contributed by atoms with Gasteiger partial charge < -0.3 is 14.2 Å². The maximum absolute atomic E-state index is 6.25. The minimum Gasteiger partial charge on any atom is -0.490 e. The first-order chi connectivity index (χ1) is 14.0. The van der Waals surface area contributed by atoms with Crippen molar-refractivity contribution in [2.45, 2.75) is 77.7 Å². The van der Waals surface area contributed by atoms with Crippen molar-refractivity contribution < 1.29 is 14.2 Å². The molecule has 0 aromatic heterocycles. The van der Waals surface area contributed by atoms with Crippen molar-refractivity contribution in [3.63, 3.8) is 0 Å². The molecule has 1 aliphatic heterocycles. The summed E-state index contributed by atoms with van der Waals surface area (Å²) in [7, 11) is -0.322. The molecule has 2 aliphatic rings. The Bertz CT molecular complexity index is 812. The third-order valence-electron chi connectivity index (χ3n) is 5.64. The van der Waals surface area contributed by atoms with Gasteiger partial charge in [-0.05, 0) is 72.3 Å². The van der Waals surface area contributed by atoms with E-state index in [9.17, 15) is 0 Å². The zero-order chi connectivity index (χ0) is 20.4. The van der Waals surface area contributed by atoms with Crippen molar-refractivity contribution in [3.05, 3.63) is 36.4 Å². The summed E-state index contributed by atoms with van der Waals surface area (Å²) < 4.78 is 18.7. The van der Waals surface area contributed by atoms with Crippen LogP contribution in [0.5, 0.6) is 17.2 Å². The Morgan fingerprint density at radius 3 is 2.10 bits per heavy atom. The van der Waals surface area contributed by atoms with Crippen LogP contribution in [0.3, 0.4) is 0 Å². The van der Waals surface area contributed by atoms with E-state index in [2.05, 4.69) is 58.0 Å². The number of benzene rings is 2. The van der Waals surface area contributed by atoms with Gasteiger partial charge in [0.2, 0.25) is 0 Å². The monoisotopic (exact) mass is 412 g/mol. The van der Waals surface area contributed by atoms with E-state index in [4.69, 9.17) is 14.2 Å². The van der Waals surface area contributed by atoms with Gasteiger partial charge in [0.25, 0.3) is 0 Å². The van der Waals surface area contributed by atoms with Crippen molar-refractivity contribution in [1.82, 2.24) is 0 Å². The second kappa shape index (κ2) is 8.96. The van der Waals surface area contributed by atoms with E-state index in [1.54, 1.807) is 0 Å². The SMILES string of the molecule is CC(C)Oc1cccc(OC(C)C)c1-c1cccc2c1[P@](C1CCCCC1)CO2. The number of rotatable bonds is 6. The van der Waals surface area contributed by atoms with E-state index in [0.717, 1.165) is 34.8 Å². The lowest BCUT2D eigenvalue weighted by Gasteiger charge is -2.28. The molecule has 2 aromatic carbocycles. The maximum Gasteiger partial charge on any atom is 0.131 e. The molecule has 1 heterocycles. The second-order valence-corrected chi connectivity index (χ2v) is 11.0. The Kier molecular flexibility index (Phi) is 6.35. The van der Waals surface area contributed by atoms with E-state index >= 15 is 0 Å². The van der Waals surface area contributed by atoms with Crippen LogP contribution in [0.25, 0.3) is 11.1 Å². The minimum absolute atomic E-state index is 0.107. The molecule has 1 fully saturated rings. The first-order valence-corrected chi connectivity index (χ1v) is 12.6. The summed E-state index contributed by atoms with van der Waals surface area (Å²) in [5, 5.41) is 1.42. The van der Waals surface area contributed by atoms with Gasteiger partial charge in [0.15, 0.2) is 0 Å². The van der Waals surface area contributed by atoms with Crippen LogP contribution >= 0.6 is 7.92 Å². The maximum atomic E-state index is 6.25. The third kappa shape index (κ3) is 4.40. The van der Waals surface area contributed by atoms with Crippen LogP contribution in [-0.2, 0) is 0 Å². The highest BCUT2D eigenvalue weighted by Gasteiger charge is 2.35. The Labute approximate surface area is 176 Å². The Hall–Kier alpha value is -1.73. The van der Waals surface area contributed by atoms with Gasteiger partial charge in [0, 0.05) is 10.9 Å². The normalized spacial score (nSPS) is 19.3. The van der Waals surface area contributed by atoms with E-state index in [1.807, 2.05) is 6.07 Å². The zero-order valence-electron chi connectivity index (χ0n) is 18.1. The number of hydrogen-bond donors (Lipinski definition) is 0. The molecular weight excluding hydrogens is 379 g/mol. The molecule has 0 amide bonds. The van der Waals surface area contributed by atoms with Gasteiger partial charge in [0.05, 0.1) is 17.8 Å². The molecule has 4 heteroatoms. The summed E-state index contributed by atoms with van der Waals surface area (Å²) in [4.78, 5) is 0. The van der Waals surface area contributed by atoms with E-state index in [-0.39, 0.29) is 20.1 Å². The van der Waals surface area contributed by atoms with Crippen LogP contribution < -0.4 is 19.5 Å². The molecular formula is C25H33O3P. The highest BCUT2D eigenvalue weighted by molar-refractivity contribution is 7.67. The van der Waals surface area contributed by atoms with Gasteiger partial charge >= 0.3 is 0 Å². The molecule has 1 atom stereocenters. The summed E-state index contributed by atoms with van der Waals surface area (Å²) in [6, 6.07) is 12.7. The van der Waals surface area contributed by atoms with Gasteiger partial charge in [-0.1, -0.05) is 37.5 Å². The average molecular weight is 413 g/mol. The van der Waals surface area contributed by atoms with Crippen molar-refractivity contribution in [2.75, 3.05) is 6.35 Å². The standard InChI is InChI=1S/C25H33O3P/c1-17(2)27-21-13-9-14-22(28-18(3)4)24(21)20-12-8-15-23-25(20)29(16-26-23)19-10-6-5-7-11-19/h8-9,12-15,17-19H,5-7,10-11,16H2,1-4H3/t29-/m0/s1. The van der Waals surface area contributed by atoms with Crippen LogP contribution in [0.15, 0.2) is 36.4 Å². The molecule has 29 heavy (non-hydrogen) atoms. The molecule has 1 saturated carbocycles. The lowest BCUT2D eigenvalue weighted by molar-refractivity contribution is 0.231. The molecule has 4 rings (SSSR count). The molecule has 0 saturated heterocycles. The summed E-state index contributed by atoms with van der Waals surface area (Å²) in [6.07, 6.45) is 7.84. The Balaban J connectivity index is 1.84. The predicted octanol–water partition coefficient (Wildman–Crippen LogP) is 6.72. The smallest absolute Gasteiger partial charge is 0.131 e. The molecule has 0 radical (unpaired) electrons. The third-order valence-corrected chi connectivity index (χ3v) is 8.48. The molecule has 0 N–H and O–H groups in total. The van der Waals surface area contributed by atoms with Gasteiger partial charge in [-0.3, -0.25) is 0 Å². The van der Waals surface area contributed by atoms with Crippen LogP contribution in [0, 0.1) is 0 Å². The highest BCUT2D eigenvalue weighted by atomic mass is 31.1. The second-order valence-electron chi connectivity index (χ2n) is 8.65. The predicted molar refractivity (Wildman–Crippen MR) is 122 cm³/mol. The Morgan fingerprint density at radius 2 is 1.48 bits per heavy atom. The number of hydrogen-bond acceptors (Lipinski definition) is 3. The van der Waals surface area contributed by atoms with Gasteiger partial charge in [-0.2, -0.15) is 0 Å². The van der Waals surface area contributed by atoms with Crippen molar-refractivity contribution in [3.8, 4) is 28.4 Å². The fourth-order valence-electron chi connectivity index (χ4n) is 4.50. The lowest BCUT2D eigenvalue weighted by atomic mass is 10.0. The van der Waals surface area contributed by atoms with Gasteiger partial charge in [-0.15, -0.1) is 0 Å². The fraction of sp³-hybridized carbons (Fsp3) is 0.520. The molecule has 0 spiro atoms. The van der Waals surface area contributed by atoms with E-state index in [1.165, 1.54) is 43.0 Å². The molecule has 2 aromatic rings. The van der Waals surface area contributed by atoms with Gasteiger partial charge in [0.1, 0.15) is 23.6 Å². The minimum atomic E-state index is -0.322. The molecule has 156 valence electrons. The van der Waals surface area contributed by atoms with Crippen molar-refractivity contribution in [1.29, 1.82) is 0 Å². The first-order valence-electron chi connectivity index (χ1n) is 11.0. The highest BCUT2D eigenvalue weighted by Crippen LogP contribution is 2.55.